The predicted molar refractivity (Wildman–Crippen MR) is 65.1 cm³/mol. The summed E-state index contributed by atoms with van der Waals surface area (Å²) in [5.74, 6) is -0.382. The molecule has 0 aliphatic heterocycles. The second-order valence-electron chi connectivity index (χ2n) is 3.32. The van der Waals surface area contributed by atoms with Gasteiger partial charge in [-0.25, -0.2) is 0 Å². The molecule has 0 saturated heterocycles. The number of primary amides is 1. The molecule has 1 amide bonds. The highest BCUT2D eigenvalue weighted by Crippen LogP contribution is 2.24. The van der Waals surface area contributed by atoms with Gasteiger partial charge in [-0.05, 0) is 22.4 Å². The number of fused-ring (bicyclic) bond motifs is 1. The van der Waals surface area contributed by atoms with Crippen LogP contribution in [0.15, 0.2) is 36.4 Å². The maximum Gasteiger partial charge on any atom is 0.249 e. The molecule has 0 heterocycles. The molecule has 2 rings (SSSR count). The Bertz CT molecular complexity index is 522. The number of nitrogens with two attached hydrogens (primary N) is 1. The van der Waals surface area contributed by atoms with E-state index in [-0.39, 0.29) is 5.91 Å². The summed E-state index contributed by atoms with van der Waals surface area (Å²) in [6.45, 7) is 0. The molecule has 0 fully saturated rings. The van der Waals surface area contributed by atoms with Crippen LogP contribution in [-0.4, -0.2) is 5.91 Å². The average Bonchev–Trinajstić information content (AvgIpc) is 2.27. The van der Waals surface area contributed by atoms with Crippen molar-refractivity contribution in [1.29, 1.82) is 0 Å². The lowest BCUT2D eigenvalue weighted by Gasteiger charge is -2.06. The van der Waals surface area contributed by atoms with Gasteiger partial charge in [0.1, 0.15) is 0 Å². The summed E-state index contributed by atoms with van der Waals surface area (Å²) in [4.78, 5) is 11.2. The molecule has 2 N–H and O–H groups in total. The van der Waals surface area contributed by atoms with Gasteiger partial charge in [0.05, 0.1) is 0 Å². The fourth-order valence-electron chi connectivity index (χ4n) is 1.69. The molecule has 2 nitrogen and oxygen atoms in total. The van der Waals surface area contributed by atoms with Gasteiger partial charge in [0.2, 0.25) is 5.91 Å². The average molecular weight is 264 g/mol. The Morgan fingerprint density at radius 3 is 2.40 bits per heavy atom. The van der Waals surface area contributed by atoms with Gasteiger partial charge in [0, 0.05) is 10.9 Å². The van der Waals surface area contributed by atoms with Gasteiger partial charge >= 0.3 is 0 Å². The molecule has 15 heavy (non-hydrogen) atoms. The fourth-order valence-corrected chi connectivity index (χ4v) is 2.18. The van der Waals surface area contributed by atoms with E-state index in [0.29, 0.717) is 5.56 Å². The van der Waals surface area contributed by atoms with Crippen molar-refractivity contribution >= 4 is 32.6 Å². The van der Waals surface area contributed by atoms with E-state index in [2.05, 4.69) is 15.9 Å². The summed E-state index contributed by atoms with van der Waals surface area (Å²) < 4.78 is 0. The van der Waals surface area contributed by atoms with Gasteiger partial charge in [-0.2, -0.15) is 0 Å². The van der Waals surface area contributed by atoms with E-state index in [1.807, 2.05) is 30.3 Å². The molecule has 0 bridgehead atoms. The molecule has 0 aromatic heterocycles. The summed E-state index contributed by atoms with van der Waals surface area (Å²) in [7, 11) is 0. The first-order valence-corrected chi connectivity index (χ1v) is 5.72. The van der Waals surface area contributed by atoms with Gasteiger partial charge in [-0.3, -0.25) is 4.79 Å². The van der Waals surface area contributed by atoms with E-state index in [9.17, 15) is 4.79 Å². The maximum absolute atomic E-state index is 11.2. The van der Waals surface area contributed by atoms with Crippen LogP contribution < -0.4 is 5.73 Å². The summed E-state index contributed by atoms with van der Waals surface area (Å²) in [5, 5.41) is 2.76. The van der Waals surface area contributed by atoms with E-state index >= 15 is 0 Å². The second kappa shape index (κ2) is 4.03. The fraction of sp³-hybridized carbons (Fsp3) is 0.0833. The van der Waals surface area contributed by atoms with Gasteiger partial charge in [-0.15, -0.1) is 0 Å². The van der Waals surface area contributed by atoms with Gasteiger partial charge < -0.3 is 5.73 Å². The van der Waals surface area contributed by atoms with Crippen molar-refractivity contribution in [3.05, 3.63) is 47.5 Å². The zero-order valence-electron chi connectivity index (χ0n) is 8.03. The van der Waals surface area contributed by atoms with Crippen LogP contribution in [0.2, 0.25) is 0 Å². The van der Waals surface area contributed by atoms with Crippen molar-refractivity contribution in [2.45, 2.75) is 5.33 Å². The molecule has 0 aliphatic rings. The Morgan fingerprint density at radius 2 is 1.80 bits per heavy atom. The van der Waals surface area contributed by atoms with Crippen LogP contribution in [0, 0.1) is 0 Å². The van der Waals surface area contributed by atoms with Gasteiger partial charge in [0.25, 0.3) is 0 Å². The Hall–Kier alpha value is -1.35. The van der Waals surface area contributed by atoms with Crippen molar-refractivity contribution in [1.82, 2.24) is 0 Å². The molecule has 76 valence electrons. The number of benzene rings is 2. The van der Waals surface area contributed by atoms with Crippen molar-refractivity contribution in [3.63, 3.8) is 0 Å². The smallest absolute Gasteiger partial charge is 0.249 e. The van der Waals surface area contributed by atoms with E-state index in [0.717, 1.165) is 21.7 Å². The third-order valence-corrected chi connectivity index (χ3v) is 3.03. The normalized spacial score (nSPS) is 10.5. The number of hydrogen-bond acceptors (Lipinski definition) is 1. The molecule has 0 radical (unpaired) electrons. The highest BCUT2D eigenvalue weighted by molar-refractivity contribution is 9.08. The van der Waals surface area contributed by atoms with Crippen molar-refractivity contribution < 1.29 is 4.79 Å². The highest BCUT2D eigenvalue weighted by atomic mass is 79.9. The summed E-state index contributed by atoms with van der Waals surface area (Å²) in [5.41, 5.74) is 7.06. The standard InChI is InChI=1S/C12H10BrNO/c13-7-8-5-6-11(12(14)15)10-4-2-1-3-9(8)10/h1-6H,7H2,(H2,14,15). The first-order valence-electron chi connectivity index (χ1n) is 4.60. The molecule has 0 spiro atoms. The second-order valence-corrected chi connectivity index (χ2v) is 3.88. The number of carbonyl (C=O) groups excluding carboxylic acids is 1. The zero-order valence-corrected chi connectivity index (χ0v) is 9.62. The highest BCUT2D eigenvalue weighted by Gasteiger charge is 2.08. The minimum atomic E-state index is -0.382. The number of alkyl halides is 1. The monoisotopic (exact) mass is 263 g/mol. The van der Waals surface area contributed by atoms with E-state index in [4.69, 9.17) is 5.73 Å². The molecule has 0 aliphatic carbocycles. The van der Waals surface area contributed by atoms with Crippen LogP contribution in [0.25, 0.3) is 10.8 Å². The molecule has 0 atom stereocenters. The summed E-state index contributed by atoms with van der Waals surface area (Å²) >= 11 is 3.42. The lowest BCUT2D eigenvalue weighted by molar-refractivity contribution is 0.100. The van der Waals surface area contributed by atoms with Crippen LogP contribution >= 0.6 is 15.9 Å². The first-order chi connectivity index (χ1) is 7.24. The van der Waals surface area contributed by atoms with Crippen LogP contribution in [-0.2, 0) is 5.33 Å². The Kier molecular flexibility index (Phi) is 2.73. The van der Waals surface area contributed by atoms with E-state index in [1.165, 1.54) is 0 Å². The largest absolute Gasteiger partial charge is 0.366 e. The molecular formula is C12H10BrNO. The Morgan fingerprint density at radius 1 is 1.13 bits per heavy atom. The molecular weight excluding hydrogens is 254 g/mol. The lowest BCUT2D eigenvalue weighted by atomic mass is 10.0. The van der Waals surface area contributed by atoms with Crippen LogP contribution in [0.4, 0.5) is 0 Å². The van der Waals surface area contributed by atoms with Crippen LogP contribution in [0.1, 0.15) is 15.9 Å². The van der Waals surface area contributed by atoms with Crippen molar-refractivity contribution in [2.24, 2.45) is 5.73 Å². The number of rotatable bonds is 2. The number of amides is 1. The predicted octanol–water partition coefficient (Wildman–Crippen LogP) is 2.83. The van der Waals surface area contributed by atoms with Crippen LogP contribution in [0.3, 0.4) is 0 Å². The third-order valence-electron chi connectivity index (χ3n) is 2.42. The van der Waals surface area contributed by atoms with E-state index in [1.54, 1.807) is 6.07 Å². The molecule has 2 aromatic rings. The summed E-state index contributed by atoms with van der Waals surface area (Å²) in [6.07, 6.45) is 0. The SMILES string of the molecule is NC(=O)c1ccc(CBr)c2ccccc12. The van der Waals surface area contributed by atoms with Crippen molar-refractivity contribution in [2.75, 3.05) is 0 Å². The van der Waals surface area contributed by atoms with Gasteiger partial charge in [-0.1, -0.05) is 46.3 Å². The number of halogens is 1. The minimum absolute atomic E-state index is 0.382. The van der Waals surface area contributed by atoms with E-state index < -0.39 is 0 Å². The minimum Gasteiger partial charge on any atom is -0.366 e. The lowest BCUT2D eigenvalue weighted by Crippen LogP contribution is -2.11. The maximum atomic E-state index is 11.2. The molecule has 0 saturated carbocycles. The Labute approximate surface area is 96.2 Å². The third kappa shape index (κ3) is 1.75. The number of carbonyl (C=O) groups is 1. The zero-order chi connectivity index (χ0) is 10.8. The topological polar surface area (TPSA) is 43.1 Å². The first kappa shape index (κ1) is 10.2. The quantitative estimate of drug-likeness (QED) is 0.833. The van der Waals surface area contributed by atoms with Crippen LogP contribution in [0.5, 0.6) is 0 Å². The Balaban J connectivity index is 2.83. The number of hydrogen-bond donors (Lipinski definition) is 1. The molecule has 0 unspecified atom stereocenters. The molecule has 3 heteroatoms. The summed E-state index contributed by atoms with van der Waals surface area (Å²) in [6, 6.07) is 11.5. The molecule has 2 aromatic carbocycles. The van der Waals surface area contributed by atoms with Crippen molar-refractivity contribution in [3.8, 4) is 0 Å². The van der Waals surface area contributed by atoms with Gasteiger partial charge in [0.15, 0.2) is 0 Å².